The average Bonchev–Trinajstić information content (AvgIpc) is 2.99. The number of anilines is 1. The van der Waals surface area contributed by atoms with Gasteiger partial charge in [-0.25, -0.2) is 9.18 Å². The molecule has 0 aliphatic carbocycles. The third-order valence-electron chi connectivity index (χ3n) is 4.22. The summed E-state index contributed by atoms with van der Waals surface area (Å²) in [5, 5.41) is 2.65. The molecule has 7 heteroatoms. The lowest BCUT2D eigenvalue weighted by atomic mass is 10.2. The Morgan fingerprint density at radius 3 is 3.00 bits per heavy atom. The van der Waals surface area contributed by atoms with E-state index in [-0.39, 0.29) is 17.8 Å². The minimum absolute atomic E-state index is 0.178. The van der Waals surface area contributed by atoms with E-state index in [4.69, 9.17) is 4.74 Å². The highest BCUT2D eigenvalue weighted by Gasteiger charge is 2.30. The van der Waals surface area contributed by atoms with Gasteiger partial charge in [0.15, 0.2) is 5.82 Å². The smallest absolute Gasteiger partial charge is 0.322 e. The summed E-state index contributed by atoms with van der Waals surface area (Å²) < 4.78 is 18.9. The maximum absolute atomic E-state index is 13.6. The first kappa shape index (κ1) is 15.2. The number of hydrogen-bond donors (Lipinski definition) is 1. The van der Waals surface area contributed by atoms with Crippen molar-refractivity contribution in [3.05, 3.63) is 24.3 Å². The van der Waals surface area contributed by atoms with Crippen LogP contribution in [0.4, 0.5) is 14.9 Å². The molecule has 1 atom stereocenters. The molecule has 1 N–H and O–H groups in total. The first-order valence-electron chi connectivity index (χ1n) is 7.71. The van der Waals surface area contributed by atoms with Gasteiger partial charge in [0.05, 0.1) is 25.1 Å². The number of urea groups is 1. The van der Waals surface area contributed by atoms with Crippen molar-refractivity contribution >= 4 is 11.7 Å². The Morgan fingerprint density at radius 1 is 1.41 bits per heavy atom. The van der Waals surface area contributed by atoms with E-state index in [9.17, 15) is 9.18 Å². The fourth-order valence-electron chi connectivity index (χ4n) is 3.04. The molecule has 1 aromatic rings. The zero-order valence-electron chi connectivity index (χ0n) is 12.5. The number of carbonyl (C=O) groups is 1. The number of likely N-dealkylation sites (tertiary alicyclic amines) is 1. The number of hydrogen-bond acceptors (Lipinski definition) is 4. The van der Waals surface area contributed by atoms with Crippen LogP contribution < -0.4 is 5.32 Å². The summed E-state index contributed by atoms with van der Waals surface area (Å²) in [5.74, 6) is -0.514. The van der Waals surface area contributed by atoms with Crippen molar-refractivity contribution in [3.8, 4) is 0 Å². The molecule has 0 radical (unpaired) electrons. The molecular weight excluding hydrogens is 287 g/mol. The van der Waals surface area contributed by atoms with Crippen molar-refractivity contribution in [2.24, 2.45) is 0 Å². The Morgan fingerprint density at radius 2 is 2.23 bits per heavy atom. The molecule has 1 aromatic heterocycles. The van der Waals surface area contributed by atoms with Crippen LogP contribution in [0.3, 0.4) is 0 Å². The van der Waals surface area contributed by atoms with E-state index in [1.165, 1.54) is 12.3 Å². The predicted molar refractivity (Wildman–Crippen MR) is 80.2 cm³/mol. The van der Waals surface area contributed by atoms with Gasteiger partial charge in [-0.3, -0.25) is 9.88 Å². The lowest BCUT2D eigenvalue weighted by Gasteiger charge is -2.32. The monoisotopic (exact) mass is 308 g/mol. The number of pyridine rings is 1. The summed E-state index contributed by atoms with van der Waals surface area (Å²) in [4.78, 5) is 20.2. The molecule has 0 bridgehead atoms. The van der Waals surface area contributed by atoms with Crippen molar-refractivity contribution in [2.75, 3.05) is 44.7 Å². The second-order valence-electron chi connectivity index (χ2n) is 5.69. The fraction of sp³-hybridized carbons (Fsp3) is 0.600. The van der Waals surface area contributed by atoms with Crippen LogP contribution in [0.25, 0.3) is 0 Å². The van der Waals surface area contributed by atoms with Crippen LogP contribution in [-0.2, 0) is 4.74 Å². The molecule has 2 saturated heterocycles. The molecule has 0 unspecified atom stereocenters. The maximum Gasteiger partial charge on any atom is 0.322 e. The molecular formula is C15H21FN4O2. The van der Waals surface area contributed by atoms with Crippen LogP contribution in [0.2, 0.25) is 0 Å². The quantitative estimate of drug-likeness (QED) is 0.920. The Kier molecular flexibility index (Phi) is 4.84. The second-order valence-corrected chi connectivity index (χ2v) is 5.69. The lowest BCUT2D eigenvalue weighted by molar-refractivity contribution is 0.0296. The number of halogens is 1. The van der Waals surface area contributed by atoms with E-state index in [0.29, 0.717) is 6.54 Å². The minimum atomic E-state index is -0.514. The molecule has 0 spiro atoms. The van der Waals surface area contributed by atoms with Gasteiger partial charge in [-0.2, -0.15) is 0 Å². The van der Waals surface area contributed by atoms with E-state index < -0.39 is 5.82 Å². The number of rotatable bonds is 3. The van der Waals surface area contributed by atoms with Gasteiger partial charge in [0.2, 0.25) is 0 Å². The number of nitrogens with zero attached hydrogens (tertiary/aromatic N) is 3. The zero-order valence-corrected chi connectivity index (χ0v) is 12.5. The summed E-state index contributed by atoms with van der Waals surface area (Å²) in [6.45, 7) is 4.89. The summed E-state index contributed by atoms with van der Waals surface area (Å²) in [6, 6.07) is 1.42. The molecule has 2 aliphatic rings. The number of ether oxygens (including phenoxy) is 1. The Hall–Kier alpha value is -1.73. The molecule has 0 aromatic carbocycles. The molecule has 2 aliphatic heterocycles. The van der Waals surface area contributed by atoms with Crippen LogP contribution in [-0.4, -0.2) is 66.2 Å². The standard InChI is InChI=1S/C15H21FN4O2/c16-13-10-17-4-3-14(13)18-15(21)20-5-1-2-12(20)11-19-6-8-22-9-7-19/h3-4,10,12H,1-2,5-9,11H2,(H,17,18,21)/t12-/m1/s1. The first-order valence-corrected chi connectivity index (χ1v) is 7.71. The zero-order chi connectivity index (χ0) is 15.4. The summed E-state index contributed by atoms with van der Waals surface area (Å²) in [7, 11) is 0. The molecule has 0 saturated carbocycles. The Balaban J connectivity index is 1.59. The Labute approximate surface area is 129 Å². The molecule has 6 nitrogen and oxygen atoms in total. The van der Waals surface area contributed by atoms with Gasteiger partial charge >= 0.3 is 6.03 Å². The third kappa shape index (κ3) is 3.53. The first-order chi connectivity index (χ1) is 10.7. The number of aromatic nitrogens is 1. The number of amides is 2. The van der Waals surface area contributed by atoms with Crippen LogP contribution in [0.15, 0.2) is 18.5 Å². The molecule has 22 heavy (non-hydrogen) atoms. The average molecular weight is 308 g/mol. The predicted octanol–water partition coefficient (Wildman–Crippen LogP) is 1.55. The Bertz CT molecular complexity index is 522. The molecule has 2 fully saturated rings. The van der Waals surface area contributed by atoms with Crippen molar-refractivity contribution < 1.29 is 13.9 Å². The number of nitrogens with one attached hydrogen (secondary N) is 1. The van der Waals surface area contributed by atoms with Crippen molar-refractivity contribution in [2.45, 2.75) is 18.9 Å². The van der Waals surface area contributed by atoms with E-state index in [2.05, 4.69) is 15.2 Å². The van der Waals surface area contributed by atoms with Crippen LogP contribution in [0, 0.1) is 5.82 Å². The van der Waals surface area contributed by atoms with Gasteiger partial charge in [0.1, 0.15) is 0 Å². The van der Waals surface area contributed by atoms with Crippen LogP contribution >= 0.6 is 0 Å². The minimum Gasteiger partial charge on any atom is -0.379 e. The number of morpholine rings is 1. The van der Waals surface area contributed by atoms with Crippen molar-refractivity contribution in [1.82, 2.24) is 14.8 Å². The van der Waals surface area contributed by atoms with Gasteiger partial charge in [-0.15, -0.1) is 0 Å². The highest BCUT2D eigenvalue weighted by Crippen LogP contribution is 2.21. The van der Waals surface area contributed by atoms with Crippen LogP contribution in [0.5, 0.6) is 0 Å². The lowest BCUT2D eigenvalue weighted by Crippen LogP contribution is -2.47. The van der Waals surface area contributed by atoms with Gasteiger partial charge in [-0.05, 0) is 18.9 Å². The molecule has 120 valence electrons. The van der Waals surface area contributed by atoms with E-state index in [0.717, 1.165) is 51.9 Å². The maximum atomic E-state index is 13.6. The molecule has 2 amide bonds. The van der Waals surface area contributed by atoms with Crippen LogP contribution in [0.1, 0.15) is 12.8 Å². The summed E-state index contributed by atoms with van der Waals surface area (Å²) in [6.07, 6.45) is 4.55. The number of carbonyl (C=O) groups excluding carboxylic acids is 1. The highest BCUT2D eigenvalue weighted by atomic mass is 19.1. The van der Waals surface area contributed by atoms with Crippen molar-refractivity contribution in [3.63, 3.8) is 0 Å². The van der Waals surface area contributed by atoms with E-state index in [1.807, 2.05) is 4.90 Å². The van der Waals surface area contributed by atoms with E-state index >= 15 is 0 Å². The third-order valence-corrected chi connectivity index (χ3v) is 4.22. The fourth-order valence-corrected chi connectivity index (χ4v) is 3.04. The topological polar surface area (TPSA) is 57.7 Å². The van der Waals surface area contributed by atoms with Gasteiger partial charge in [0.25, 0.3) is 0 Å². The second kappa shape index (κ2) is 7.02. The van der Waals surface area contributed by atoms with Gasteiger partial charge in [0, 0.05) is 38.4 Å². The highest BCUT2D eigenvalue weighted by molar-refractivity contribution is 5.89. The summed E-state index contributed by atoms with van der Waals surface area (Å²) in [5.41, 5.74) is 0.178. The molecule has 3 heterocycles. The normalized spacial score (nSPS) is 22.8. The van der Waals surface area contributed by atoms with Gasteiger partial charge in [-0.1, -0.05) is 0 Å². The van der Waals surface area contributed by atoms with Gasteiger partial charge < -0.3 is 15.0 Å². The largest absolute Gasteiger partial charge is 0.379 e. The van der Waals surface area contributed by atoms with E-state index in [1.54, 1.807) is 0 Å². The summed E-state index contributed by atoms with van der Waals surface area (Å²) >= 11 is 0. The molecule has 3 rings (SSSR count). The SMILES string of the molecule is O=C(Nc1ccncc1F)N1CCC[C@@H]1CN1CCOCC1. The van der Waals surface area contributed by atoms with Crippen molar-refractivity contribution in [1.29, 1.82) is 0 Å².